The fraction of sp³-hybridized carbons (Fsp3) is 0.429. The van der Waals surface area contributed by atoms with Crippen molar-refractivity contribution in [2.45, 2.75) is 49.7 Å². The number of nitrogens with two attached hydrogens (primary N) is 1. The maximum absolute atomic E-state index is 6.82. The molecule has 3 N–H and O–H groups in total. The second-order valence-electron chi connectivity index (χ2n) is 7.86. The molecule has 3 nitrogen and oxygen atoms in total. The first kappa shape index (κ1) is 15.6. The van der Waals surface area contributed by atoms with Crippen molar-refractivity contribution in [3.8, 4) is 0 Å². The lowest BCUT2D eigenvalue weighted by molar-refractivity contribution is -0.110. The topological polar surface area (TPSA) is 51.0 Å². The van der Waals surface area contributed by atoms with Crippen LogP contribution in [0.2, 0.25) is 0 Å². The molecule has 5 rings (SSSR count). The molecule has 1 spiro atoms. The molecule has 1 aromatic carbocycles. The van der Waals surface area contributed by atoms with Gasteiger partial charge in [-0.1, -0.05) is 31.2 Å². The minimum absolute atomic E-state index is 0.000428. The SMILES string of the molecule is CC1(c2cccs2)CCC2(OCCc3c2[nH]c2ccccc32)C(N)C1. The molecule has 1 aliphatic carbocycles. The number of fused-ring (bicyclic) bond motifs is 4. The number of rotatable bonds is 1. The van der Waals surface area contributed by atoms with E-state index < -0.39 is 0 Å². The van der Waals surface area contributed by atoms with Gasteiger partial charge >= 0.3 is 0 Å². The Bertz CT molecular complexity index is 915. The molecule has 0 bridgehead atoms. The molecule has 3 aromatic rings. The maximum Gasteiger partial charge on any atom is 0.123 e. The normalized spacial score (nSPS) is 32.2. The molecule has 130 valence electrons. The summed E-state index contributed by atoms with van der Waals surface area (Å²) in [5.41, 5.74) is 10.5. The minimum atomic E-state index is -0.358. The lowest BCUT2D eigenvalue weighted by atomic mass is 9.64. The minimum Gasteiger partial charge on any atom is -0.367 e. The van der Waals surface area contributed by atoms with E-state index in [1.54, 1.807) is 0 Å². The summed E-state index contributed by atoms with van der Waals surface area (Å²) in [5.74, 6) is 0. The van der Waals surface area contributed by atoms with Gasteiger partial charge in [-0.2, -0.15) is 0 Å². The highest BCUT2D eigenvalue weighted by molar-refractivity contribution is 7.10. The molecule has 1 saturated carbocycles. The maximum atomic E-state index is 6.82. The lowest BCUT2D eigenvalue weighted by Gasteiger charge is -2.50. The zero-order valence-electron chi connectivity index (χ0n) is 14.5. The Morgan fingerprint density at radius 2 is 2.08 bits per heavy atom. The second kappa shape index (κ2) is 5.44. The molecule has 0 amide bonds. The zero-order chi connectivity index (χ0) is 17.1. The summed E-state index contributed by atoms with van der Waals surface area (Å²) >= 11 is 1.85. The van der Waals surface area contributed by atoms with Gasteiger partial charge in [0.1, 0.15) is 5.60 Å². The highest BCUT2D eigenvalue weighted by atomic mass is 32.1. The van der Waals surface area contributed by atoms with Crippen LogP contribution < -0.4 is 5.73 Å². The van der Waals surface area contributed by atoms with E-state index in [1.807, 2.05) is 11.3 Å². The van der Waals surface area contributed by atoms with Gasteiger partial charge < -0.3 is 15.5 Å². The van der Waals surface area contributed by atoms with Crippen LogP contribution >= 0.6 is 11.3 Å². The molecule has 1 fully saturated rings. The average Bonchev–Trinajstić information content (AvgIpc) is 3.27. The third-order valence-electron chi connectivity index (χ3n) is 6.38. The van der Waals surface area contributed by atoms with Crippen LogP contribution in [0.25, 0.3) is 10.9 Å². The van der Waals surface area contributed by atoms with Crippen LogP contribution in [0.5, 0.6) is 0 Å². The highest BCUT2D eigenvalue weighted by Gasteiger charge is 2.51. The molecule has 2 aromatic heterocycles. The van der Waals surface area contributed by atoms with E-state index >= 15 is 0 Å². The monoisotopic (exact) mass is 352 g/mol. The van der Waals surface area contributed by atoms with Gasteiger partial charge in [0.15, 0.2) is 0 Å². The van der Waals surface area contributed by atoms with Crippen LogP contribution in [0.3, 0.4) is 0 Å². The van der Waals surface area contributed by atoms with Gasteiger partial charge in [-0.05, 0) is 48.8 Å². The molecule has 4 heteroatoms. The van der Waals surface area contributed by atoms with Crippen molar-refractivity contribution in [2.24, 2.45) is 5.73 Å². The van der Waals surface area contributed by atoms with E-state index in [0.717, 1.165) is 32.3 Å². The van der Waals surface area contributed by atoms with E-state index in [0.29, 0.717) is 0 Å². The third kappa shape index (κ3) is 2.17. The Hall–Kier alpha value is -1.62. The fourth-order valence-corrected chi connectivity index (χ4v) is 5.89. The number of thiophene rings is 1. The van der Waals surface area contributed by atoms with Crippen molar-refractivity contribution in [1.82, 2.24) is 4.98 Å². The quantitative estimate of drug-likeness (QED) is 0.679. The fourth-order valence-electron chi connectivity index (χ4n) is 4.96. The number of benzene rings is 1. The summed E-state index contributed by atoms with van der Waals surface area (Å²) in [5, 5.41) is 3.50. The smallest absolute Gasteiger partial charge is 0.123 e. The zero-order valence-corrected chi connectivity index (χ0v) is 15.4. The Morgan fingerprint density at radius 3 is 2.88 bits per heavy atom. The van der Waals surface area contributed by atoms with E-state index in [1.165, 1.54) is 27.0 Å². The Kier molecular flexibility index (Phi) is 3.40. The summed E-state index contributed by atoms with van der Waals surface area (Å²) < 4.78 is 6.43. The van der Waals surface area contributed by atoms with Crippen LogP contribution in [0.4, 0.5) is 0 Å². The number of para-hydroxylation sites is 1. The summed E-state index contributed by atoms with van der Waals surface area (Å²) in [4.78, 5) is 5.12. The average molecular weight is 353 g/mol. The van der Waals surface area contributed by atoms with E-state index in [4.69, 9.17) is 10.5 Å². The van der Waals surface area contributed by atoms with Gasteiger partial charge in [0.2, 0.25) is 0 Å². The molecule has 3 heterocycles. The largest absolute Gasteiger partial charge is 0.367 e. The van der Waals surface area contributed by atoms with Crippen molar-refractivity contribution in [1.29, 1.82) is 0 Å². The van der Waals surface area contributed by atoms with Gasteiger partial charge in [0.05, 0.1) is 12.3 Å². The molecule has 3 atom stereocenters. The molecule has 0 radical (unpaired) electrons. The number of aromatic amines is 1. The van der Waals surface area contributed by atoms with Crippen LogP contribution in [0.15, 0.2) is 41.8 Å². The molecule has 2 aliphatic rings. The van der Waals surface area contributed by atoms with Gasteiger partial charge in [-0.15, -0.1) is 11.3 Å². The number of nitrogens with one attached hydrogen (secondary N) is 1. The van der Waals surface area contributed by atoms with Crippen LogP contribution in [-0.2, 0) is 22.2 Å². The number of hydrogen-bond donors (Lipinski definition) is 2. The summed E-state index contributed by atoms with van der Waals surface area (Å²) in [6.45, 7) is 3.12. The number of aromatic nitrogens is 1. The van der Waals surface area contributed by atoms with Crippen LogP contribution in [-0.4, -0.2) is 17.6 Å². The summed E-state index contributed by atoms with van der Waals surface area (Å²) in [6.07, 6.45) is 4.01. The predicted molar refractivity (Wildman–Crippen MR) is 103 cm³/mol. The van der Waals surface area contributed by atoms with Crippen LogP contribution in [0, 0.1) is 0 Å². The molecule has 0 saturated heterocycles. The van der Waals surface area contributed by atoms with Crippen molar-refractivity contribution >= 4 is 22.2 Å². The Morgan fingerprint density at radius 1 is 1.20 bits per heavy atom. The van der Waals surface area contributed by atoms with Gasteiger partial charge in [0.25, 0.3) is 0 Å². The van der Waals surface area contributed by atoms with Crippen molar-refractivity contribution in [3.05, 3.63) is 57.9 Å². The molecular weight excluding hydrogens is 328 g/mol. The first-order chi connectivity index (χ1) is 12.1. The predicted octanol–water partition coefficient (Wildman–Crippen LogP) is 4.47. The van der Waals surface area contributed by atoms with Gasteiger partial charge in [-0.25, -0.2) is 0 Å². The summed E-state index contributed by atoms with van der Waals surface area (Å²) in [6, 6.07) is 13.0. The van der Waals surface area contributed by atoms with E-state index in [2.05, 4.69) is 53.7 Å². The van der Waals surface area contributed by atoms with Crippen LogP contribution in [0.1, 0.15) is 42.3 Å². The van der Waals surface area contributed by atoms with Crippen molar-refractivity contribution in [3.63, 3.8) is 0 Å². The molecule has 1 aliphatic heterocycles. The first-order valence-corrected chi connectivity index (χ1v) is 10.0. The Labute approximate surface area is 152 Å². The van der Waals surface area contributed by atoms with E-state index in [-0.39, 0.29) is 17.1 Å². The number of ether oxygens (including phenoxy) is 1. The standard InChI is InChI=1S/C21H24N2OS/c1-20(18-7-4-12-25-18)9-10-21(17(22)13-20)19-15(8-11-24-21)14-5-2-3-6-16(14)23-19/h2-7,12,17,23H,8-11,13,22H2,1H3. The molecule has 25 heavy (non-hydrogen) atoms. The van der Waals surface area contributed by atoms with Gasteiger partial charge in [-0.3, -0.25) is 0 Å². The molecule has 3 unspecified atom stereocenters. The number of H-pyrrole nitrogens is 1. The second-order valence-corrected chi connectivity index (χ2v) is 8.81. The first-order valence-electron chi connectivity index (χ1n) is 9.16. The highest BCUT2D eigenvalue weighted by Crippen LogP contribution is 2.51. The van der Waals surface area contributed by atoms with Crippen molar-refractivity contribution < 1.29 is 4.74 Å². The number of hydrogen-bond acceptors (Lipinski definition) is 3. The van der Waals surface area contributed by atoms with E-state index in [9.17, 15) is 0 Å². The molecular formula is C21H24N2OS. The lowest BCUT2D eigenvalue weighted by Crippen LogP contribution is -2.56. The third-order valence-corrected chi connectivity index (χ3v) is 7.56. The summed E-state index contributed by atoms with van der Waals surface area (Å²) in [7, 11) is 0. The Balaban J connectivity index is 1.58. The van der Waals surface area contributed by atoms with Crippen molar-refractivity contribution in [2.75, 3.05) is 6.61 Å². The van der Waals surface area contributed by atoms with Gasteiger partial charge in [0, 0.05) is 27.2 Å².